The van der Waals surface area contributed by atoms with Gasteiger partial charge in [0.15, 0.2) is 0 Å². The van der Waals surface area contributed by atoms with E-state index in [-0.39, 0.29) is 11.5 Å². The van der Waals surface area contributed by atoms with Crippen LogP contribution in [-0.2, 0) is 16.0 Å². The highest BCUT2D eigenvalue weighted by Crippen LogP contribution is 2.28. The molecule has 0 N–H and O–H groups in total. The standard InChI is InChI=1S/C17H24N2O2/c1-18-10-11-21-17(13-18)8-5-9-19(14-17)16(20)12-15-6-3-2-4-7-15/h2-4,6-7H,5,8-14H2,1H3/t17-/m0/s1. The maximum atomic E-state index is 12.5. The molecule has 2 aliphatic rings. The largest absolute Gasteiger partial charge is 0.370 e. The number of benzene rings is 1. The predicted molar refractivity (Wildman–Crippen MR) is 82.1 cm³/mol. The molecule has 0 saturated carbocycles. The number of carbonyl (C=O) groups excluding carboxylic acids is 1. The molecule has 1 atom stereocenters. The number of amides is 1. The maximum absolute atomic E-state index is 12.5. The van der Waals surface area contributed by atoms with Gasteiger partial charge in [-0.2, -0.15) is 0 Å². The Bertz CT molecular complexity index is 487. The SMILES string of the molecule is CN1CCO[C@@]2(CCCN(C(=O)Cc3ccccc3)C2)C1. The van der Waals surface area contributed by atoms with Crippen LogP contribution in [0, 0.1) is 0 Å². The fourth-order valence-electron chi connectivity index (χ4n) is 3.47. The van der Waals surface area contributed by atoms with Crippen LogP contribution in [0.15, 0.2) is 30.3 Å². The molecular formula is C17H24N2O2. The highest BCUT2D eigenvalue weighted by atomic mass is 16.5. The van der Waals surface area contributed by atoms with Crippen molar-refractivity contribution in [3.8, 4) is 0 Å². The first-order valence-corrected chi connectivity index (χ1v) is 7.81. The molecule has 1 spiro atoms. The summed E-state index contributed by atoms with van der Waals surface area (Å²) in [6.45, 7) is 4.29. The molecule has 2 saturated heterocycles. The van der Waals surface area contributed by atoms with Crippen molar-refractivity contribution in [1.29, 1.82) is 0 Å². The normalized spacial score (nSPS) is 27.0. The van der Waals surface area contributed by atoms with Crippen molar-refractivity contribution in [3.05, 3.63) is 35.9 Å². The highest BCUT2D eigenvalue weighted by Gasteiger charge is 2.40. The first-order chi connectivity index (χ1) is 10.2. The van der Waals surface area contributed by atoms with Gasteiger partial charge in [-0.3, -0.25) is 4.79 Å². The van der Waals surface area contributed by atoms with Gasteiger partial charge in [-0.1, -0.05) is 30.3 Å². The molecule has 2 aliphatic heterocycles. The van der Waals surface area contributed by atoms with Crippen LogP contribution in [0.1, 0.15) is 18.4 Å². The molecule has 0 aromatic heterocycles. The van der Waals surface area contributed by atoms with Gasteiger partial charge < -0.3 is 14.5 Å². The van der Waals surface area contributed by atoms with Gasteiger partial charge in [0, 0.05) is 19.6 Å². The van der Waals surface area contributed by atoms with Crippen LogP contribution in [0.5, 0.6) is 0 Å². The summed E-state index contributed by atoms with van der Waals surface area (Å²) in [7, 11) is 2.13. The van der Waals surface area contributed by atoms with Crippen LogP contribution >= 0.6 is 0 Å². The first-order valence-electron chi connectivity index (χ1n) is 7.81. The molecule has 114 valence electrons. The van der Waals surface area contributed by atoms with E-state index >= 15 is 0 Å². The molecule has 0 bridgehead atoms. The summed E-state index contributed by atoms with van der Waals surface area (Å²) < 4.78 is 6.07. The summed E-state index contributed by atoms with van der Waals surface area (Å²) in [5.74, 6) is 0.220. The Morgan fingerprint density at radius 3 is 2.81 bits per heavy atom. The molecule has 1 amide bonds. The third kappa shape index (κ3) is 3.44. The number of carbonyl (C=O) groups is 1. The van der Waals surface area contributed by atoms with Crippen molar-refractivity contribution in [1.82, 2.24) is 9.80 Å². The summed E-state index contributed by atoms with van der Waals surface area (Å²) >= 11 is 0. The lowest BCUT2D eigenvalue weighted by Crippen LogP contribution is -2.60. The molecule has 21 heavy (non-hydrogen) atoms. The van der Waals surface area contributed by atoms with Crippen molar-refractivity contribution in [2.24, 2.45) is 0 Å². The van der Waals surface area contributed by atoms with E-state index in [1.165, 1.54) is 0 Å². The Morgan fingerprint density at radius 1 is 1.24 bits per heavy atom. The van der Waals surface area contributed by atoms with Gasteiger partial charge in [0.25, 0.3) is 0 Å². The molecule has 3 rings (SSSR count). The first kappa shape index (κ1) is 14.5. The number of hydrogen-bond acceptors (Lipinski definition) is 3. The number of piperidine rings is 1. The lowest BCUT2D eigenvalue weighted by Gasteiger charge is -2.47. The average Bonchev–Trinajstić information content (AvgIpc) is 2.48. The van der Waals surface area contributed by atoms with Gasteiger partial charge >= 0.3 is 0 Å². The fraction of sp³-hybridized carbons (Fsp3) is 0.588. The molecule has 0 radical (unpaired) electrons. The fourth-order valence-corrected chi connectivity index (χ4v) is 3.47. The van der Waals surface area contributed by atoms with E-state index in [4.69, 9.17) is 4.74 Å². The van der Waals surface area contributed by atoms with Crippen LogP contribution in [0.4, 0.5) is 0 Å². The summed E-state index contributed by atoms with van der Waals surface area (Å²) in [6.07, 6.45) is 2.59. The molecule has 0 unspecified atom stereocenters. The van der Waals surface area contributed by atoms with Gasteiger partial charge in [0.2, 0.25) is 5.91 Å². The molecule has 2 fully saturated rings. The molecule has 4 nitrogen and oxygen atoms in total. The second-order valence-electron chi connectivity index (χ2n) is 6.35. The van der Waals surface area contributed by atoms with E-state index in [2.05, 4.69) is 11.9 Å². The van der Waals surface area contributed by atoms with Gasteiger partial charge in [0.1, 0.15) is 0 Å². The van der Waals surface area contributed by atoms with Gasteiger partial charge in [0.05, 0.1) is 25.2 Å². The molecular weight excluding hydrogens is 264 g/mol. The van der Waals surface area contributed by atoms with Crippen molar-refractivity contribution in [2.45, 2.75) is 24.9 Å². The number of nitrogens with zero attached hydrogens (tertiary/aromatic N) is 2. The number of ether oxygens (including phenoxy) is 1. The minimum atomic E-state index is -0.141. The monoisotopic (exact) mass is 288 g/mol. The van der Waals surface area contributed by atoms with Crippen LogP contribution in [0.3, 0.4) is 0 Å². The zero-order valence-corrected chi connectivity index (χ0v) is 12.8. The second kappa shape index (κ2) is 6.16. The van der Waals surface area contributed by atoms with Crippen LogP contribution in [0.25, 0.3) is 0 Å². The van der Waals surface area contributed by atoms with Crippen molar-refractivity contribution < 1.29 is 9.53 Å². The van der Waals surface area contributed by atoms with E-state index < -0.39 is 0 Å². The predicted octanol–water partition coefficient (Wildman–Crippen LogP) is 1.55. The zero-order chi connectivity index (χ0) is 14.7. The van der Waals surface area contributed by atoms with Crippen molar-refractivity contribution in [2.75, 3.05) is 39.8 Å². The smallest absolute Gasteiger partial charge is 0.227 e. The Labute approximate surface area is 126 Å². The number of morpholine rings is 1. The van der Waals surface area contributed by atoms with E-state index in [9.17, 15) is 4.79 Å². The molecule has 0 aliphatic carbocycles. The number of likely N-dealkylation sites (tertiary alicyclic amines) is 1. The Hall–Kier alpha value is -1.39. The van der Waals surface area contributed by atoms with Crippen LogP contribution < -0.4 is 0 Å². The Morgan fingerprint density at radius 2 is 2.05 bits per heavy atom. The van der Waals surface area contributed by atoms with Crippen LogP contribution in [-0.4, -0.2) is 61.1 Å². The van der Waals surface area contributed by atoms with Gasteiger partial charge in [-0.05, 0) is 25.5 Å². The Balaban J connectivity index is 1.64. The molecule has 4 heteroatoms. The minimum Gasteiger partial charge on any atom is -0.370 e. The Kier molecular flexibility index (Phi) is 4.27. The quantitative estimate of drug-likeness (QED) is 0.828. The maximum Gasteiger partial charge on any atom is 0.227 e. The second-order valence-corrected chi connectivity index (χ2v) is 6.35. The molecule has 2 heterocycles. The third-order valence-corrected chi connectivity index (χ3v) is 4.53. The molecule has 1 aromatic rings. The van der Waals surface area contributed by atoms with Gasteiger partial charge in [-0.15, -0.1) is 0 Å². The topological polar surface area (TPSA) is 32.8 Å². The van der Waals surface area contributed by atoms with E-state index in [1.807, 2.05) is 35.2 Å². The van der Waals surface area contributed by atoms with E-state index in [0.717, 1.165) is 51.2 Å². The summed E-state index contributed by atoms with van der Waals surface area (Å²) in [4.78, 5) is 16.8. The van der Waals surface area contributed by atoms with Gasteiger partial charge in [-0.25, -0.2) is 0 Å². The zero-order valence-electron chi connectivity index (χ0n) is 12.8. The average molecular weight is 288 g/mol. The molecule has 1 aromatic carbocycles. The van der Waals surface area contributed by atoms with Crippen LogP contribution in [0.2, 0.25) is 0 Å². The third-order valence-electron chi connectivity index (χ3n) is 4.53. The number of likely N-dealkylation sites (N-methyl/N-ethyl adjacent to an activating group) is 1. The van der Waals surface area contributed by atoms with Crippen molar-refractivity contribution in [3.63, 3.8) is 0 Å². The van der Waals surface area contributed by atoms with E-state index in [1.54, 1.807) is 0 Å². The summed E-state index contributed by atoms with van der Waals surface area (Å²) in [6, 6.07) is 9.99. The van der Waals surface area contributed by atoms with E-state index in [0.29, 0.717) is 6.42 Å². The highest BCUT2D eigenvalue weighted by molar-refractivity contribution is 5.79. The lowest BCUT2D eigenvalue weighted by molar-refractivity contribution is -0.154. The minimum absolute atomic E-state index is 0.141. The number of rotatable bonds is 2. The lowest BCUT2D eigenvalue weighted by atomic mass is 9.90. The summed E-state index contributed by atoms with van der Waals surface area (Å²) in [5.41, 5.74) is 0.946. The number of hydrogen-bond donors (Lipinski definition) is 0. The van der Waals surface area contributed by atoms with Crippen molar-refractivity contribution >= 4 is 5.91 Å². The summed E-state index contributed by atoms with van der Waals surface area (Å²) in [5, 5.41) is 0.